The number of allylic oxidation sites excluding steroid dienone is 5. The van der Waals surface area contributed by atoms with Crippen LogP contribution in [0.3, 0.4) is 0 Å². The zero-order chi connectivity index (χ0) is 55.3. The molecule has 0 aromatic rings. The van der Waals surface area contributed by atoms with Gasteiger partial charge in [-0.3, -0.25) is 4.79 Å². The largest absolute Gasteiger partial charge is 0.394 e. The highest BCUT2D eigenvalue weighted by molar-refractivity contribution is 5.76. The fourth-order valence-electron chi connectivity index (χ4n) is 10.2. The molecule has 12 atom stereocenters. The third-order valence-electron chi connectivity index (χ3n) is 15.3. The highest BCUT2D eigenvalue weighted by atomic mass is 16.7. The van der Waals surface area contributed by atoms with Gasteiger partial charge in [-0.1, -0.05) is 230 Å². The van der Waals surface area contributed by atoms with E-state index in [1.54, 1.807) is 6.08 Å². The molecule has 14 heteroatoms. The van der Waals surface area contributed by atoms with E-state index >= 15 is 0 Å². The van der Waals surface area contributed by atoms with Crippen LogP contribution in [-0.4, -0.2) is 140 Å². The first kappa shape index (κ1) is 70.3. The van der Waals surface area contributed by atoms with Crippen molar-refractivity contribution in [3.8, 4) is 0 Å². The molecule has 12 unspecified atom stereocenters. The summed E-state index contributed by atoms with van der Waals surface area (Å²) < 4.78 is 22.8. The summed E-state index contributed by atoms with van der Waals surface area (Å²) in [5.74, 6) is -0.257. The van der Waals surface area contributed by atoms with E-state index in [1.807, 2.05) is 6.08 Å². The molecule has 0 radical (unpaired) electrons. The highest BCUT2D eigenvalue weighted by Crippen LogP contribution is 2.30. The minimum absolute atomic E-state index is 0.257. The number of unbranched alkanes of at least 4 members (excludes halogenated alkanes) is 33. The summed E-state index contributed by atoms with van der Waals surface area (Å²) in [5.41, 5.74) is 0. The van der Waals surface area contributed by atoms with Crippen LogP contribution in [-0.2, 0) is 23.7 Å². The maximum atomic E-state index is 13.2. The Hall–Kier alpha value is -1.79. The number of carbonyl (C=O) groups is 1. The molecule has 2 rings (SSSR count). The molecule has 14 nitrogen and oxygen atoms in total. The normalized spacial score (nSPS) is 25.1. The summed E-state index contributed by atoms with van der Waals surface area (Å²) in [4.78, 5) is 13.2. The summed E-state index contributed by atoms with van der Waals surface area (Å²) in [5, 5.41) is 87.1. The van der Waals surface area contributed by atoms with Crippen LogP contribution in [0.4, 0.5) is 0 Å². The van der Waals surface area contributed by atoms with Crippen LogP contribution in [0, 0.1) is 0 Å². The number of nitrogens with one attached hydrogen (secondary N) is 1. The second kappa shape index (κ2) is 48.0. The lowest BCUT2D eigenvalue weighted by Crippen LogP contribution is -2.65. The molecule has 0 saturated carbocycles. The number of rotatable bonds is 50. The van der Waals surface area contributed by atoms with Gasteiger partial charge in [0.2, 0.25) is 5.91 Å². The Balaban J connectivity index is 1.72. The second-order valence-corrected chi connectivity index (χ2v) is 22.2. The summed E-state index contributed by atoms with van der Waals surface area (Å²) in [6.45, 7) is 2.78. The van der Waals surface area contributed by atoms with Crippen LogP contribution in [0.25, 0.3) is 0 Å². The molecule has 2 aliphatic heterocycles. The van der Waals surface area contributed by atoms with E-state index in [2.05, 4.69) is 43.5 Å². The Morgan fingerprint density at radius 1 is 0.461 bits per heavy atom. The van der Waals surface area contributed by atoms with E-state index in [-0.39, 0.29) is 18.9 Å². The molecule has 1 amide bonds. The number of hydrogen-bond acceptors (Lipinski definition) is 13. The van der Waals surface area contributed by atoms with Crippen molar-refractivity contribution >= 4 is 5.91 Å². The van der Waals surface area contributed by atoms with Gasteiger partial charge in [-0.15, -0.1) is 0 Å². The maximum Gasteiger partial charge on any atom is 0.220 e. The average molecular weight is 1080 g/mol. The SMILES string of the molecule is CCCCCCC/C=C\CCCCCCCC(=O)NC(COC1OC(CO)C(OC2OC(CO)C(O)C(O)C2O)C(O)C1O)C(O)/C=C/CC/C=C/CCCCCCCCCCCCCCCCCCCCCCCC. The van der Waals surface area contributed by atoms with Crippen molar-refractivity contribution in [1.29, 1.82) is 0 Å². The average Bonchev–Trinajstić information content (AvgIpc) is 3.42. The molecule has 0 aliphatic carbocycles. The van der Waals surface area contributed by atoms with Gasteiger partial charge >= 0.3 is 0 Å². The van der Waals surface area contributed by atoms with Crippen LogP contribution >= 0.6 is 0 Å². The molecule has 9 N–H and O–H groups in total. The fourth-order valence-corrected chi connectivity index (χ4v) is 10.2. The first-order chi connectivity index (χ1) is 37.1. The van der Waals surface area contributed by atoms with Gasteiger partial charge < -0.3 is 65.1 Å². The third-order valence-corrected chi connectivity index (χ3v) is 15.3. The minimum atomic E-state index is -1.79. The molecule has 0 aromatic carbocycles. The van der Waals surface area contributed by atoms with Gasteiger partial charge in [-0.05, 0) is 57.8 Å². The first-order valence-corrected chi connectivity index (χ1v) is 31.2. The third kappa shape index (κ3) is 33.1. The summed E-state index contributed by atoms with van der Waals surface area (Å²) in [7, 11) is 0. The lowest BCUT2D eigenvalue weighted by molar-refractivity contribution is -0.359. The minimum Gasteiger partial charge on any atom is -0.394 e. The van der Waals surface area contributed by atoms with Crippen LogP contribution in [0.15, 0.2) is 36.5 Å². The van der Waals surface area contributed by atoms with Gasteiger partial charge in [0.05, 0.1) is 32.0 Å². The lowest BCUT2D eigenvalue weighted by atomic mass is 9.97. The predicted molar refractivity (Wildman–Crippen MR) is 305 cm³/mol. The van der Waals surface area contributed by atoms with Crippen LogP contribution in [0.2, 0.25) is 0 Å². The van der Waals surface area contributed by atoms with Gasteiger partial charge in [0.15, 0.2) is 12.6 Å². The zero-order valence-corrected chi connectivity index (χ0v) is 48.0. The van der Waals surface area contributed by atoms with Crippen LogP contribution < -0.4 is 5.32 Å². The Morgan fingerprint density at radius 3 is 1.29 bits per heavy atom. The number of aliphatic hydroxyl groups excluding tert-OH is 8. The zero-order valence-electron chi connectivity index (χ0n) is 48.0. The number of ether oxygens (including phenoxy) is 4. The Labute approximate surface area is 461 Å². The van der Waals surface area contributed by atoms with Crippen molar-refractivity contribution in [3.63, 3.8) is 0 Å². The van der Waals surface area contributed by atoms with Crippen molar-refractivity contribution in [3.05, 3.63) is 36.5 Å². The van der Waals surface area contributed by atoms with Crippen molar-refractivity contribution in [1.82, 2.24) is 5.32 Å². The topological polar surface area (TPSA) is 228 Å². The predicted octanol–water partition coefficient (Wildman–Crippen LogP) is 11.0. The maximum absolute atomic E-state index is 13.2. The van der Waals surface area contributed by atoms with E-state index in [0.717, 1.165) is 51.4 Å². The quantitative estimate of drug-likeness (QED) is 0.0204. The molecule has 0 bridgehead atoms. The Kier molecular flexibility index (Phi) is 44.4. The molecule has 2 heterocycles. The Bertz CT molecular complexity index is 1410. The van der Waals surface area contributed by atoms with Gasteiger partial charge in [0.1, 0.15) is 48.8 Å². The first-order valence-electron chi connectivity index (χ1n) is 31.2. The summed E-state index contributed by atoms with van der Waals surface area (Å²) in [6, 6.07) is -0.935. The van der Waals surface area contributed by atoms with E-state index in [9.17, 15) is 45.6 Å². The van der Waals surface area contributed by atoms with E-state index in [1.165, 1.54) is 173 Å². The Morgan fingerprint density at radius 2 is 0.842 bits per heavy atom. The number of amides is 1. The summed E-state index contributed by atoms with van der Waals surface area (Å²) in [6.07, 6.45) is 42.0. The van der Waals surface area contributed by atoms with Crippen LogP contribution in [0.5, 0.6) is 0 Å². The molecule has 2 aliphatic rings. The van der Waals surface area contributed by atoms with Gasteiger partial charge in [-0.2, -0.15) is 0 Å². The van der Waals surface area contributed by atoms with Gasteiger partial charge in [0.25, 0.3) is 0 Å². The van der Waals surface area contributed by atoms with E-state index in [4.69, 9.17) is 18.9 Å². The molecule has 446 valence electrons. The fraction of sp³-hybridized carbons (Fsp3) is 0.887. The van der Waals surface area contributed by atoms with E-state index < -0.39 is 86.8 Å². The second-order valence-electron chi connectivity index (χ2n) is 22.2. The lowest BCUT2D eigenvalue weighted by Gasteiger charge is -2.46. The molecule has 0 aromatic heterocycles. The number of hydrogen-bond donors (Lipinski definition) is 9. The molecule has 2 saturated heterocycles. The van der Waals surface area contributed by atoms with Crippen molar-refractivity contribution in [2.24, 2.45) is 0 Å². The van der Waals surface area contributed by atoms with Crippen molar-refractivity contribution in [2.45, 2.75) is 331 Å². The number of carbonyl (C=O) groups excluding carboxylic acids is 1. The smallest absolute Gasteiger partial charge is 0.220 e. The van der Waals surface area contributed by atoms with Crippen LogP contribution in [0.1, 0.15) is 258 Å². The summed E-state index contributed by atoms with van der Waals surface area (Å²) >= 11 is 0. The van der Waals surface area contributed by atoms with E-state index in [0.29, 0.717) is 12.8 Å². The van der Waals surface area contributed by atoms with Gasteiger partial charge in [0, 0.05) is 6.42 Å². The standard InChI is InChI=1S/C62H115NO13/c1-3-5-7-9-11-13-15-17-19-20-21-22-23-24-25-26-27-28-29-30-31-32-33-35-37-39-41-43-45-51(66)50(63-54(67)46-44-42-40-38-36-34-18-16-14-12-10-8-6-4-2)49-73-61-59(72)57(70)60(53(48-65)75-61)76-62-58(71)56(69)55(68)52(47-64)74-62/h16,18,35,37,43,45,50-53,55-62,64-66,68-72H,3-15,17,19-34,36,38-42,44,46-49H2,1-2H3,(H,63,67)/b18-16-,37-35+,45-43+. The molecular formula is C62H115NO13. The van der Waals surface area contributed by atoms with Crippen molar-refractivity contribution < 1.29 is 64.6 Å². The highest BCUT2D eigenvalue weighted by Gasteiger charge is 2.51. The monoisotopic (exact) mass is 1080 g/mol. The molecule has 76 heavy (non-hydrogen) atoms. The van der Waals surface area contributed by atoms with Crippen molar-refractivity contribution in [2.75, 3.05) is 19.8 Å². The molecular weight excluding hydrogens is 967 g/mol. The molecule has 0 spiro atoms. The van der Waals surface area contributed by atoms with Gasteiger partial charge in [-0.25, -0.2) is 0 Å². The molecule has 2 fully saturated rings. The number of aliphatic hydroxyl groups is 8.